The lowest BCUT2D eigenvalue weighted by Crippen LogP contribution is -2.01. The molecule has 0 unspecified atom stereocenters. The standard InChI is InChI=1S/C11H12O3/c1-2-7-3-4-9(11(12)13)10-8(7)5-6-14-10/h3-4H,2,5-6H2,1H3,(H,12,13). The van der Waals surface area contributed by atoms with Crippen LogP contribution in [0.4, 0.5) is 0 Å². The fourth-order valence-electron chi connectivity index (χ4n) is 1.86. The van der Waals surface area contributed by atoms with Crippen LogP contribution >= 0.6 is 0 Å². The Morgan fingerprint density at radius 2 is 2.36 bits per heavy atom. The predicted molar refractivity (Wildman–Crippen MR) is 52.0 cm³/mol. The van der Waals surface area contributed by atoms with Gasteiger partial charge >= 0.3 is 5.97 Å². The Bertz CT molecular complexity index is 382. The molecule has 3 heteroatoms. The van der Waals surface area contributed by atoms with E-state index < -0.39 is 5.97 Å². The maximum Gasteiger partial charge on any atom is 0.339 e. The second-order valence-corrected chi connectivity index (χ2v) is 3.34. The first-order valence-electron chi connectivity index (χ1n) is 4.75. The van der Waals surface area contributed by atoms with Gasteiger partial charge in [-0.3, -0.25) is 0 Å². The largest absolute Gasteiger partial charge is 0.492 e. The molecule has 0 amide bonds. The number of aryl methyl sites for hydroxylation is 1. The van der Waals surface area contributed by atoms with Gasteiger partial charge in [0, 0.05) is 12.0 Å². The quantitative estimate of drug-likeness (QED) is 0.778. The smallest absolute Gasteiger partial charge is 0.339 e. The van der Waals surface area contributed by atoms with Crippen LogP contribution in [0.5, 0.6) is 5.75 Å². The molecule has 0 fully saturated rings. The van der Waals surface area contributed by atoms with E-state index in [0.717, 1.165) is 18.4 Å². The van der Waals surface area contributed by atoms with Crippen molar-refractivity contribution in [1.29, 1.82) is 0 Å². The number of rotatable bonds is 2. The lowest BCUT2D eigenvalue weighted by Gasteiger charge is -2.07. The third kappa shape index (κ3) is 1.25. The van der Waals surface area contributed by atoms with Gasteiger partial charge in [0.15, 0.2) is 0 Å². The van der Waals surface area contributed by atoms with Crippen molar-refractivity contribution in [2.24, 2.45) is 0 Å². The molecular formula is C11H12O3. The maximum atomic E-state index is 10.9. The Morgan fingerprint density at radius 3 is 3.00 bits per heavy atom. The van der Waals surface area contributed by atoms with Crippen LogP contribution in [0, 0.1) is 0 Å². The molecule has 1 N–H and O–H groups in total. The summed E-state index contributed by atoms with van der Waals surface area (Å²) in [5.74, 6) is -0.331. The van der Waals surface area contributed by atoms with Crippen LogP contribution < -0.4 is 4.74 Å². The summed E-state index contributed by atoms with van der Waals surface area (Å²) >= 11 is 0. The number of benzene rings is 1. The van der Waals surface area contributed by atoms with Crippen molar-refractivity contribution in [3.05, 3.63) is 28.8 Å². The molecule has 0 atom stereocenters. The number of carbonyl (C=O) groups is 1. The molecule has 1 aliphatic rings. The minimum atomic E-state index is -0.911. The number of carboxylic acids is 1. The lowest BCUT2D eigenvalue weighted by molar-refractivity contribution is 0.0693. The Morgan fingerprint density at radius 1 is 1.57 bits per heavy atom. The van der Waals surface area contributed by atoms with E-state index in [4.69, 9.17) is 9.84 Å². The number of aromatic carboxylic acids is 1. The van der Waals surface area contributed by atoms with Crippen molar-refractivity contribution in [2.75, 3.05) is 6.61 Å². The molecule has 2 rings (SSSR count). The first-order valence-corrected chi connectivity index (χ1v) is 4.75. The molecule has 14 heavy (non-hydrogen) atoms. The zero-order valence-electron chi connectivity index (χ0n) is 8.04. The van der Waals surface area contributed by atoms with Crippen molar-refractivity contribution in [2.45, 2.75) is 19.8 Å². The number of ether oxygens (including phenoxy) is 1. The van der Waals surface area contributed by atoms with Crippen LogP contribution in [0.1, 0.15) is 28.4 Å². The maximum absolute atomic E-state index is 10.9. The summed E-state index contributed by atoms with van der Waals surface area (Å²) in [5.41, 5.74) is 2.56. The van der Waals surface area contributed by atoms with E-state index in [1.54, 1.807) is 6.07 Å². The summed E-state index contributed by atoms with van der Waals surface area (Å²) < 4.78 is 5.35. The van der Waals surface area contributed by atoms with Gasteiger partial charge in [-0.05, 0) is 18.1 Å². The topological polar surface area (TPSA) is 46.5 Å². The Balaban J connectivity index is 2.58. The molecule has 3 nitrogen and oxygen atoms in total. The van der Waals surface area contributed by atoms with E-state index in [2.05, 4.69) is 6.92 Å². The molecule has 0 radical (unpaired) electrons. The highest BCUT2D eigenvalue weighted by atomic mass is 16.5. The van der Waals surface area contributed by atoms with Crippen LogP contribution in [0.2, 0.25) is 0 Å². The van der Waals surface area contributed by atoms with Crippen molar-refractivity contribution < 1.29 is 14.6 Å². The summed E-state index contributed by atoms with van der Waals surface area (Å²) in [6.07, 6.45) is 1.76. The van der Waals surface area contributed by atoms with Crippen LogP contribution in [0.25, 0.3) is 0 Å². The highest BCUT2D eigenvalue weighted by Gasteiger charge is 2.22. The molecule has 1 aromatic rings. The van der Waals surface area contributed by atoms with Crippen LogP contribution in [-0.4, -0.2) is 17.7 Å². The molecule has 0 bridgehead atoms. The zero-order valence-corrected chi connectivity index (χ0v) is 8.04. The van der Waals surface area contributed by atoms with E-state index in [-0.39, 0.29) is 5.56 Å². The zero-order chi connectivity index (χ0) is 10.1. The Hall–Kier alpha value is -1.51. The van der Waals surface area contributed by atoms with Crippen molar-refractivity contribution in [3.63, 3.8) is 0 Å². The fourth-order valence-corrected chi connectivity index (χ4v) is 1.86. The first-order chi connectivity index (χ1) is 6.74. The van der Waals surface area contributed by atoms with Gasteiger partial charge in [-0.1, -0.05) is 13.0 Å². The van der Waals surface area contributed by atoms with Gasteiger partial charge in [-0.15, -0.1) is 0 Å². The molecule has 0 saturated heterocycles. The molecule has 1 aromatic carbocycles. The van der Waals surface area contributed by atoms with Gasteiger partial charge in [-0.25, -0.2) is 4.79 Å². The summed E-state index contributed by atoms with van der Waals surface area (Å²) in [5, 5.41) is 8.93. The predicted octanol–water partition coefficient (Wildman–Crippen LogP) is 1.88. The monoisotopic (exact) mass is 192 g/mol. The average Bonchev–Trinajstić information content (AvgIpc) is 2.64. The Labute approximate surface area is 82.3 Å². The summed E-state index contributed by atoms with van der Waals surface area (Å²) in [4.78, 5) is 10.9. The van der Waals surface area contributed by atoms with Gasteiger partial charge in [0.1, 0.15) is 11.3 Å². The highest BCUT2D eigenvalue weighted by molar-refractivity contribution is 5.91. The van der Waals surface area contributed by atoms with Crippen molar-refractivity contribution in [1.82, 2.24) is 0 Å². The number of hydrogen-bond acceptors (Lipinski definition) is 2. The van der Waals surface area contributed by atoms with Crippen molar-refractivity contribution in [3.8, 4) is 5.75 Å². The Kier molecular flexibility index (Phi) is 2.15. The minimum absolute atomic E-state index is 0.287. The summed E-state index contributed by atoms with van der Waals surface area (Å²) in [6.45, 7) is 2.67. The van der Waals surface area contributed by atoms with Crippen LogP contribution in [0.15, 0.2) is 12.1 Å². The minimum Gasteiger partial charge on any atom is -0.492 e. The number of fused-ring (bicyclic) bond motifs is 1. The molecule has 1 aliphatic heterocycles. The van der Waals surface area contributed by atoms with E-state index in [0.29, 0.717) is 12.4 Å². The molecule has 1 heterocycles. The summed E-state index contributed by atoms with van der Waals surface area (Å²) in [7, 11) is 0. The first kappa shape index (κ1) is 9.06. The average molecular weight is 192 g/mol. The summed E-state index contributed by atoms with van der Waals surface area (Å²) in [6, 6.07) is 3.52. The van der Waals surface area contributed by atoms with Crippen LogP contribution in [-0.2, 0) is 12.8 Å². The fraction of sp³-hybridized carbons (Fsp3) is 0.364. The molecule has 0 aliphatic carbocycles. The normalized spacial score (nSPS) is 13.5. The molecular weight excluding hydrogens is 180 g/mol. The third-order valence-corrected chi connectivity index (χ3v) is 2.57. The number of hydrogen-bond donors (Lipinski definition) is 1. The van der Waals surface area contributed by atoms with E-state index >= 15 is 0 Å². The lowest BCUT2D eigenvalue weighted by atomic mass is 10.00. The van der Waals surface area contributed by atoms with Gasteiger partial charge in [0.05, 0.1) is 6.61 Å². The molecule has 0 saturated carbocycles. The van der Waals surface area contributed by atoms with E-state index in [1.165, 1.54) is 5.56 Å². The van der Waals surface area contributed by atoms with Gasteiger partial charge in [0.25, 0.3) is 0 Å². The van der Waals surface area contributed by atoms with Gasteiger partial charge in [0.2, 0.25) is 0 Å². The van der Waals surface area contributed by atoms with Gasteiger partial charge < -0.3 is 9.84 Å². The van der Waals surface area contributed by atoms with Crippen molar-refractivity contribution >= 4 is 5.97 Å². The van der Waals surface area contributed by atoms with Gasteiger partial charge in [-0.2, -0.15) is 0 Å². The third-order valence-electron chi connectivity index (χ3n) is 2.57. The second kappa shape index (κ2) is 3.33. The van der Waals surface area contributed by atoms with E-state index in [1.807, 2.05) is 6.07 Å². The SMILES string of the molecule is CCc1ccc(C(=O)O)c2c1CCO2. The number of carboxylic acid groups (broad SMARTS) is 1. The van der Waals surface area contributed by atoms with Crippen LogP contribution in [0.3, 0.4) is 0 Å². The molecule has 0 spiro atoms. The molecule has 74 valence electrons. The highest BCUT2D eigenvalue weighted by Crippen LogP contribution is 2.32. The second-order valence-electron chi connectivity index (χ2n) is 3.34. The van der Waals surface area contributed by atoms with E-state index in [9.17, 15) is 4.79 Å². The molecule has 0 aromatic heterocycles.